The maximum absolute atomic E-state index is 13.1. The van der Waals surface area contributed by atoms with E-state index in [2.05, 4.69) is 22.0 Å². The molecule has 1 aliphatic heterocycles. The Kier molecular flexibility index (Phi) is 11.6. The highest BCUT2D eigenvalue weighted by atomic mass is 127. The second-order valence-electron chi connectivity index (χ2n) is 6.09. The molecule has 0 amide bonds. The first-order valence-electron chi connectivity index (χ1n) is 9.36. The lowest BCUT2D eigenvalue weighted by Gasteiger charge is -2.37. The van der Waals surface area contributed by atoms with Gasteiger partial charge in [0, 0.05) is 58.2 Å². The third kappa shape index (κ3) is 7.65. The first-order chi connectivity index (χ1) is 12.2. The summed E-state index contributed by atoms with van der Waals surface area (Å²) in [6.45, 7) is 11.1. The minimum atomic E-state index is -0.187. The van der Waals surface area contributed by atoms with Crippen molar-refractivity contribution < 1.29 is 9.13 Å². The van der Waals surface area contributed by atoms with E-state index >= 15 is 0 Å². The van der Waals surface area contributed by atoms with Crippen molar-refractivity contribution in [1.82, 2.24) is 10.2 Å². The molecule has 1 N–H and O–H groups in total. The molecule has 0 bridgehead atoms. The van der Waals surface area contributed by atoms with Crippen LogP contribution in [0.3, 0.4) is 0 Å². The molecule has 0 atom stereocenters. The van der Waals surface area contributed by atoms with E-state index in [-0.39, 0.29) is 29.8 Å². The largest absolute Gasteiger partial charge is 0.382 e. The van der Waals surface area contributed by atoms with Gasteiger partial charge in [-0.2, -0.15) is 0 Å². The van der Waals surface area contributed by atoms with Crippen molar-refractivity contribution in [2.45, 2.75) is 26.7 Å². The number of nitrogens with zero attached hydrogens (tertiary/aromatic N) is 3. The van der Waals surface area contributed by atoms with Gasteiger partial charge in [0.05, 0.1) is 0 Å². The van der Waals surface area contributed by atoms with Crippen molar-refractivity contribution in [3.8, 4) is 0 Å². The molecule has 0 spiro atoms. The summed E-state index contributed by atoms with van der Waals surface area (Å²) >= 11 is 0. The fraction of sp³-hybridized carbons (Fsp3) is 0.632. The Labute approximate surface area is 174 Å². The van der Waals surface area contributed by atoms with Crippen LogP contribution in [0.1, 0.15) is 26.7 Å². The van der Waals surface area contributed by atoms with Gasteiger partial charge in [0.25, 0.3) is 0 Å². The minimum Gasteiger partial charge on any atom is -0.382 e. The van der Waals surface area contributed by atoms with Crippen LogP contribution in [0.15, 0.2) is 29.3 Å². The first kappa shape index (κ1) is 23.0. The molecule has 1 aliphatic rings. The second kappa shape index (κ2) is 13.1. The van der Waals surface area contributed by atoms with Crippen LogP contribution in [0.25, 0.3) is 0 Å². The average molecular weight is 478 g/mol. The van der Waals surface area contributed by atoms with Crippen LogP contribution in [0.4, 0.5) is 10.1 Å². The summed E-state index contributed by atoms with van der Waals surface area (Å²) in [7, 11) is 0. The molecule has 1 saturated heterocycles. The molecule has 0 saturated carbocycles. The summed E-state index contributed by atoms with van der Waals surface area (Å²) < 4.78 is 18.4. The highest BCUT2D eigenvalue weighted by Crippen LogP contribution is 2.17. The summed E-state index contributed by atoms with van der Waals surface area (Å²) in [6, 6.07) is 6.75. The van der Waals surface area contributed by atoms with Crippen molar-refractivity contribution in [3.05, 3.63) is 30.1 Å². The van der Waals surface area contributed by atoms with Gasteiger partial charge in [-0.15, -0.1) is 24.0 Å². The number of rotatable bonds is 8. The van der Waals surface area contributed by atoms with Crippen molar-refractivity contribution in [2.75, 3.05) is 57.4 Å². The summed E-state index contributed by atoms with van der Waals surface area (Å²) in [4.78, 5) is 9.36. The molecule has 0 aliphatic carbocycles. The quantitative estimate of drug-likeness (QED) is 0.269. The Bertz CT molecular complexity index is 519. The number of aliphatic imine (C=N–C) groups is 1. The molecule has 26 heavy (non-hydrogen) atoms. The summed E-state index contributed by atoms with van der Waals surface area (Å²) in [5.41, 5.74) is 1.08. The van der Waals surface area contributed by atoms with E-state index in [4.69, 9.17) is 9.73 Å². The van der Waals surface area contributed by atoms with E-state index in [0.29, 0.717) is 0 Å². The number of anilines is 1. The van der Waals surface area contributed by atoms with Gasteiger partial charge < -0.3 is 19.9 Å². The molecule has 1 aromatic rings. The predicted octanol–water partition coefficient (Wildman–Crippen LogP) is 3.35. The Morgan fingerprint density at radius 3 is 2.42 bits per heavy atom. The number of nitrogens with one attached hydrogen (secondary N) is 1. The monoisotopic (exact) mass is 478 g/mol. The molecule has 2 rings (SSSR count). The maximum atomic E-state index is 13.1. The van der Waals surface area contributed by atoms with Crippen LogP contribution in [-0.2, 0) is 4.74 Å². The Morgan fingerprint density at radius 2 is 1.81 bits per heavy atom. The smallest absolute Gasteiger partial charge is 0.194 e. The van der Waals surface area contributed by atoms with Gasteiger partial charge >= 0.3 is 0 Å². The predicted molar refractivity (Wildman–Crippen MR) is 117 cm³/mol. The summed E-state index contributed by atoms with van der Waals surface area (Å²) in [5.74, 6) is 0.811. The van der Waals surface area contributed by atoms with Crippen molar-refractivity contribution in [1.29, 1.82) is 0 Å². The molecule has 5 nitrogen and oxygen atoms in total. The van der Waals surface area contributed by atoms with Gasteiger partial charge in [0.2, 0.25) is 0 Å². The third-order valence-electron chi connectivity index (χ3n) is 4.27. The van der Waals surface area contributed by atoms with Crippen LogP contribution in [-0.4, -0.2) is 63.3 Å². The zero-order valence-corrected chi connectivity index (χ0v) is 18.2. The fourth-order valence-corrected chi connectivity index (χ4v) is 2.90. The third-order valence-corrected chi connectivity index (χ3v) is 4.27. The lowest BCUT2D eigenvalue weighted by atomic mass is 10.2. The fourth-order valence-electron chi connectivity index (χ4n) is 2.90. The SMILES string of the molecule is CCNC(=NCCCCOCC)N1CCN(c2ccc(F)cc2)CC1.I. The van der Waals surface area contributed by atoms with Crippen LogP contribution < -0.4 is 10.2 Å². The molecule has 148 valence electrons. The summed E-state index contributed by atoms with van der Waals surface area (Å²) in [6.07, 6.45) is 2.10. The van der Waals surface area contributed by atoms with Crippen molar-refractivity contribution >= 4 is 35.6 Å². The van der Waals surface area contributed by atoms with Gasteiger partial charge in [-0.25, -0.2) is 4.39 Å². The zero-order chi connectivity index (χ0) is 17.9. The number of benzene rings is 1. The lowest BCUT2D eigenvalue weighted by Crippen LogP contribution is -2.52. The number of hydrogen-bond donors (Lipinski definition) is 1. The van der Waals surface area contributed by atoms with Crippen LogP contribution in [0, 0.1) is 5.82 Å². The number of hydrogen-bond acceptors (Lipinski definition) is 3. The zero-order valence-electron chi connectivity index (χ0n) is 15.9. The van der Waals surface area contributed by atoms with Gasteiger partial charge in [-0.05, 0) is 51.0 Å². The van der Waals surface area contributed by atoms with Crippen LogP contribution in [0.5, 0.6) is 0 Å². The second-order valence-corrected chi connectivity index (χ2v) is 6.09. The highest BCUT2D eigenvalue weighted by Gasteiger charge is 2.19. The first-order valence-corrected chi connectivity index (χ1v) is 9.36. The van der Waals surface area contributed by atoms with Crippen molar-refractivity contribution in [2.24, 2.45) is 4.99 Å². The average Bonchev–Trinajstić information content (AvgIpc) is 2.64. The van der Waals surface area contributed by atoms with Crippen LogP contribution in [0.2, 0.25) is 0 Å². The molecule has 0 radical (unpaired) electrons. The Morgan fingerprint density at radius 1 is 1.12 bits per heavy atom. The van der Waals surface area contributed by atoms with E-state index in [1.54, 1.807) is 0 Å². The Balaban J connectivity index is 0.00000338. The molecule has 0 unspecified atom stereocenters. The van der Waals surface area contributed by atoms with Crippen LogP contribution >= 0.6 is 24.0 Å². The molecule has 1 fully saturated rings. The topological polar surface area (TPSA) is 40.1 Å². The van der Waals surface area contributed by atoms with Gasteiger partial charge in [0.15, 0.2) is 5.96 Å². The number of unbranched alkanes of at least 4 members (excludes halogenated alkanes) is 1. The molecule has 7 heteroatoms. The van der Waals surface area contributed by atoms with Gasteiger partial charge in [-0.3, -0.25) is 4.99 Å². The molecular weight excluding hydrogens is 446 g/mol. The summed E-state index contributed by atoms with van der Waals surface area (Å²) in [5, 5.41) is 3.39. The van der Waals surface area contributed by atoms with E-state index in [1.165, 1.54) is 12.1 Å². The number of guanidine groups is 1. The molecular formula is C19H32FIN4O. The number of halogens is 2. The molecule has 1 heterocycles. The van der Waals surface area contributed by atoms with Crippen molar-refractivity contribution in [3.63, 3.8) is 0 Å². The molecule has 0 aromatic heterocycles. The maximum Gasteiger partial charge on any atom is 0.194 e. The normalized spacial score (nSPS) is 15.0. The lowest BCUT2D eigenvalue weighted by molar-refractivity contribution is 0.144. The van der Waals surface area contributed by atoms with Gasteiger partial charge in [0.1, 0.15) is 5.82 Å². The number of piperazine rings is 1. The number of ether oxygens (including phenoxy) is 1. The van der Waals surface area contributed by atoms with E-state index in [9.17, 15) is 4.39 Å². The molecule has 1 aromatic carbocycles. The minimum absolute atomic E-state index is 0. The van der Waals surface area contributed by atoms with Gasteiger partial charge in [-0.1, -0.05) is 0 Å². The highest BCUT2D eigenvalue weighted by molar-refractivity contribution is 14.0. The Hall–Kier alpha value is -1.09. The standard InChI is InChI=1S/C19H31FN4O.HI/c1-3-21-19(22-11-5-6-16-25-4-2)24-14-12-23(13-15-24)18-9-7-17(20)8-10-18;/h7-10H,3-6,11-16H2,1-2H3,(H,21,22);1H. The van der Waals surface area contributed by atoms with E-state index < -0.39 is 0 Å². The van der Waals surface area contributed by atoms with E-state index in [0.717, 1.165) is 77.0 Å². The van der Waals surface area contributed by atoms with E-state index in [1.807, 2.05) is 19.1 Å².